The van der Waals surface area contributed by atoms with Crippen molar-refractivity contribution in [3.8, 4) is 5.97 Å². The summed E-state index contributed by atoms with van der Waals surface area (Å²) in [5.41, 5.74) is 6.33. The summed E-state index contributed by atoms with van der Waals surface area (Å²) in [4.78, 5) is 9.55. The van der Waals surface area contributed by atoms with Crippen molar-refractivity contribution in [2.24, 2.45) is 4.99 Å². The summed E-state index contributed by atoms with van der Waals surface area (Å²) in [5.74, 6) is 2.17. The number of aromatic nitrogens is 4. The molecular weight excluding hydrogens is 498 g/mol. The largest absolute Gasteiger partial charge is 0.332 e. The highest BCUT2D eigenvalue weighted by atomic mass is 19.1. The number of hydrogen-bond donors (Lipinski definition) is 0. The van der Waals surface area contributed by atoms with Gasteiger partial charge >= 0.3 is 0 Å². The molecule has 1 aliphatic rings. The molecule has 0 saturated carbocycles. The second-order valence-corrected chi connectivity index (χ2v) is 8.98. The van der Waals surface area contributed by atoms with Crippen molar-refractivity contribution < 1.29 is 4.39 Å². The van der Waals surface area contributed by atoms with E-state index in [-0.39, 0.29) is 12.5 Å². The number of nitriles is 1. The van der Waals surface area contributed by atoms with Gasteiger partial charge < -0.3 is 4.57 Å². The van der Waals surface area contributed by atoms with Gasteiger partial charge in [0.25, 0.3) is 6.71 Å². The Kier molecular flexibility index (Phi) is 13.3. The molecule has 0 N–H and O–H groups in total. The molecule has 1 aromatic carbocycles. The maximum atomic E-state index is 13.9. The first-order valence-corrected chi connectivity index (χ1v) is 14.8. The summed E-state index contributed by atoms with van der Waals surface area (Å²) in [7, 11) is 0. The highest BCUT2D eigenvalue weighted by Gasteiger charge is 2.17. The summed E-state index contributed by atoms with van der Waals surface area (Å²) >= 11 is 0. The van der Waals surface area contributed by atoms with Crippen LogP contribution in [0.3, 0.4) is 0 Å². The van der Waals surface area contributed by atoms with Gasteiger partial charge in [0.15, 0.2) is 5.65 Å². The minimum Gasteiger partial charge on any atom is -0.332 e. The normalized spacial score (nSPS) is 11.6. The molecule has 0 atom stereocenters. The number of nitrogens with zero attached hydrogens (tertiary/aromatic N) is 6. The lowest BCUT2D eigenvalue weighted by molar-refractivity contribution is 0.626. The van der Waals surface area contributed by atoms with Crippen LogP contribution in [0.1, 0.15) is 83.6 Å². The van der Waals surface area contributed by atoms with Crippen LogP contribution >= 0.6 is 0 Å². The van der Waals surface area contributed by atoms with Gasteiger partial charge in [-0.1, -0.05) is 73.6 Å². The zero-order valence-electron chi connectivity index (χ0n) is 25.5. The van der Waals surface area contributed by atoms with E-state index in [0.717, 1.165) is 76.5 Å². The Bertz CT molecular complexity index is 1470. The van der Waals surface area contributed by atoms with E-state index in [4.69, 9.17) is 4.98 Å². The quantitative estimate of drug-likeness (QED) is 0.219. The summed E-state index contributed by atoms with van der Waals surface area (Å²) in [6.45, 7) is 17.6. The third-order valence-electron chi connectivity index (χ3n) is 6.51. The van der Waals surface area contributed by atoms with E-state index in [9.17, 15) is 9.65 Å². The van der Waals surface area contributed by atoms with E-state index in [0.29, 0.717) is 6.54 Å². The molecule has 0 saturated heterocycles. The van der Waals surface area contributed by atoms with Gasteiger partial charge in [0.1, 0.15) is 11.5 Å². The highest BCUT2D eigenvalue weighted by molar-refractivity contribution is 6.66. The number of fused-ring (bicyclic) bond motifs is 3. The summed E-state index contributed by atoms with van der Waals surface area (Å²) in [6, 6.07) is 4.80. The van der Waals surface area contributed by atoms with E-state index < -0.39 is 0 Å². The molecule has 8 heteroatoms. The number of rotatable bonds is 7. The van der Waals surface area contributed by atoms with Crippen LogP contribution in [-0.4, -0.2) is 32.1 Å². The topological polar surface area (TPSA) is 71.3 Å². The first-order valence-electron chi connectivity index (χ1n) is 14.8. The van der Waals surface area contributed by atoms with Crippen LogP contribution in [-0.2, 0) is 13.1 Å². The Hall–Kier alpha value is -3.73. The Morgan fingerprint density at radius 2 is 1.80 bits per heavy atom. The molecule has 4 heterocycles. The molecule has 0 amide bonds. The predicted molar refractivity (Wildman–Crippen MR) is 170 cm³/mol. The van der Waals surface area contributed by atoms with Crippen molar-refractivity contribution in [3.05, 3.63) is 64.9 Å². The average molecular weight is 543 g/mol. The minimum atomic E-state index is -0.262. The summed E-state index contributed by atoms with van der Waals surface area (Å²) < 4.78 is 17.9. The fourth-order valence-electron chi connectivity index (χ4n) is 4.71. The molecular formula is C32H44BFN6. The lowest BCUT2D eigenvalue weighted by Gasteiger charge is -2.07. The van der Waals surface area contributed by atoms with Gasteiger partial charge in [-0.25, -0.2) is 19.2 Å². The van der Waals surface area contributed by atoms with Crippen LogP contribution in [0, 0.1) is 24.0 Å². The van der Waals surface area contributed by atoms with Crippen LogP contribution < -0.4 is 0 Å². The molecule has 3 aromatic heterocycles. The maximum Gasteiger partial charge on any atom is 0.267 e. The Labute approximate surface area is 239 Å². The van der Waals surface area contributed by atoms with E-state index >= 15 is 0 Å². The van der Waals surface area contributed by atoms with Gasteiger partial charge in [-0.05, 0) is 48.2 Å². The molecule has 6 nitrogen and oxygen atoms in total. The summed E-state index contributed by atoms with van der Waals surface area (Å²) in [6.07, 6.45) is 13.5. The van der Waals surface area contributed by atoms with Crippen LogP contribution in [0.25, 0.3) is 28.3 Å². The molecule has 4 aromatic rings. The zero-order chi connectivity index (χ0) is 29.7. The van der Waals surface area contributed by atoms with Crippen molar-refractivity contribution in [2.75, 3.05) is 0 Å². The Balaban J connectivity index is 0.000000876. The lowest BCUT2D eigenvalue weighted by atomic mass is 9.45. The van der Waals surface area contributed by atoms with Crippen LogP contribution in [0.4, 0.5) is 4.39 Å². The first kappa shape index (κ1) is 32.5. The Morgan fingerprint density at radius 3 is 2.50 bits per heavy atom. The lowest BCUT2D eigenvalue weighted by Crippen LogP contribution is -2.10. The molecule has 212 valence electrons. The van der Waals surface area contributed by atoms with Gasteiger partial charge in [-0.15, -0.1) is 0 Å². The molecule has 0 spiro atoms. The standard InChI is InChI=1S/C26H26BFN6.3C2H6/c1-3-7-27(17-29)8-4-9-33-15-18(2)24-16-34-26(32-25(24)33)23(14-31-34)21-10-20-11-22(28)6-5-19(20)12-30-13-21;3*1-2/h5-6,10-11,13-16H,3-4,7-9,12H2,1-2H3;3*1-2H3. The van der Waals surface area contributed by atoms with Crippen LogP contribution in [0.5, 0.6) is 0 Å². The number of hydrogen-bond acceptors (Lipinski definition) is 4. The SMILES string of the molecule is CC.CC.CC.CCCB(C#N)CCCn1cc(C)c2cn3ncc(C4=Cc5cc(F)ccc5CN=C4)c3nc21. The molecule has 0 unspecified atom stereocenters. The maximum absolute atomic E-state index is 13.9. The van der Waals surface area contributed by atoms with Crippen molar-refractivity contribution in [2.45, 2.75) is 94.0 Å². The fraction of sp³-hybridized carbons (Fsp3) is 0.438. The second-order valence-electron chi connectivity index (χ2n) is 8.98. The monoisotopic (exact) mass is 542 g/mol. The van der Waals surface area contributed by atoms with Crippen molar-refractivity contribution in [3.63, 3.8) is 0 Å². The molecule has 40 heavy (non-hydrogen) atoms. The number of allylic oxidation sites excluding steroid dienone is 1. The number of benzene rings is 1. The van der Waals surface area contributed by atoms with E-state index in [1.807, 2.05) is 60.0 Å². The third kappa shape index (κ3) is 7.47. The van der Waals surface area contributed by atoms with Crippen molar-refractivity contribution in [1.82, 2.24) is 19.2 Å². The third-order valence-corrected chi connectivity index (χ3v) is 6.51. The minimum absolute atomic E-state index is 0.114. The van der Waals surface area contributed by atoms with Gasteiger partial charge in [0.05, 0.1) is 12.7 Å². The molecule has 0 aliphatic carbocycles. The zero-order valence-corrected chi connectivity index (χ0v) is 25.5. The van der Waals surface area contributed by atoms with Gasteiger partial charge in [0.2, 0.25) is 0 Å². The first-order chi connectivity index (χ1) is 19.6. The van der Waals surface area contributed by atoms with Crippen molar-refractivity contribution in [1.29, 1.82) is 5.26 Å². The highest BCUT2D eigenvalue weighted by Crippen LogP contribution is 2.28. The van der Waals surface area contributed by atoms with E-state index in [1.54, 1.807) is 22.8 Å². The van der Waals surface area contributed by atoms with Crippen molar-refractivity contribution >= 4 is 41.3 Å². The smallest absolute Gasteiger partial charge is 0.267 e. The molecule has 0 radical (unpaired) electrons. The number of aryl methyl sites for hydroxylation is 2. The number of halogens is 1. The summed E-state index contributed by atoms with van der Waals surface area (Å²) in [5, 5.41) is 15.0. The van der Waals surface area contributed by atoms with Gasteiger partial charge in [0, 0.05) is 47.6 Å². The number of aliphatic imine (C=N–C) groups is 1. The fourth-order valence-corrected chi connectivity index (χ4v) is 4.71. The van der Waals surface area contributed by atoms with Gasteiger partial charge in [-0.3, -0.25) is 4.99 Å². The second kappa shape index (κ2) is 16.4. The molecule has 5 rings (SSSR count). The molecule has 0 bridgehead atoms. The Morgan fingerprint density at radius 1 is 1.05 bits per heavy atom. The predicted octanol–water partition coefficient (Wildman–Crippen LogP) is 8.69. The van der Waals surface area contributed by atoms with Gasteiger partial charge in [-0.2, -0.15) is 5.10 Å². The molecule has 0 fully saturated rings. The van der Waals surface area contributed by atoms with Crippen LogP contribution in [0.15, 0.2) is 41.8 Å². The average Bonchev–Trinajstić information content (AvgIpc) is 3.47. The van der Waals surface area contributed by atoms with E-state index in [2.05, 4.69) is 40.7 Å². The molecule has 1 aliphatic heterocycles. The van der Waals surface area contributed by atoms with Crippen LogP contribution in [0.2, 0.25) is 12.6 Å². The van der Waals surface area contributed by atoms with E-state index in [1.165, 1.54) is 6.07 Å².